The molecule has 0 amide bonds. The second-order valence-electron chi connectivity index (χ2n) is 4.79. The zero-order chi connectivity index (χ0) is 12.8. The highest BCUT2D eigenvalue weighted by atomic mass is 16.5. The van der Waals surface area contributed by atoms with Crippen LogP contribution in [0.1, 0.15) is 26.7 Å². The molecule has 0 bridgehead atoms. The summed E-state index contributed by atoms with van der Waals surface area (Å²) >= 11 is 0. The first-order valence-corrected chi connectivity index (χ1v) is 7.05. The van der Waals surface area contributed by atoms with Gasteiger partial charge in [0.1, 0.15) is 5.75 Å². The SMILES string of the molecule is CCCNC1CCN(c2ccccc2OCC)C1. The smallest absolute Gasteiger partial charge is 0.142 e. The lowest BCUT2D eigenvalue weighted by molar-refractivity contribution is 0.340. The van der Waals surface area contributed by atoms with Crippen LogP contribution in [0.2, 0.25) is 0 Å². The molecule has 3 nitrogen and oxygen atoms in total. The molecular weight excluding hydrogens is 224 g/mol. The number of nitrogens with zero attached hydrogens (tertiary/aromatic N) is 1. The van der Waals surface area contributed by atoms with Crippen molar-refractivity contribution < 1.29 is 4.74 Å². The van der Waals surface area contributed by atoms with E-state index in [0.717, 1.165) is 32.0 Å². The predicted octanol–water partition coefficient (Wildman–Crippen LogP) is 2.66. The van der Waals surface area contributed by atoms with Gasteiger partial charge in [0.05, 0.1) is 12.3 Å². The van der Waals surface area contributed by atoms with Crippen LogP contribution in [0.5, 0.6) is 5.75 Å². The molecule has 18 heavy (non-hydrogen) atoms. The third-order valence-electron chi connectivity index (χ3n) is 3.38. The molecule has 1 N–H and O–H groups in total. The van der Waals surface area contributed by atoms with Gasteiger partial charge >= 0.3 is 0 Å². The van der Waals surface area contributed by atoms with E-state index in [0.29, 0.717) is 6.04 Å². The Balaban J connectivity index is 2.00. The molecule has 2 rings (SSSR count). The Bertz CT molecular complexity index is 367. The third kappa shape index (κ3) is 3.16. The predicted molar refractivity (Wildman–Crippen MR) is 76.5 cm³/mol. The minimum Gasteiger partial charge on any atom is -0.492 e. The highest BCUT2D eigenvalue weighted by Crippen LogP contribution is 2.30. The molecule has 1 atom stereocenters. The fraction of sp³-hybridized carbons (Fsp3) is 0.600. The van der Waals surface area contributed by atoms with Crippen molar-refractivity contribution in [3.8, 4) is 5.75 Å². The molecule has 1 aromatic carbocycles. The summed E-state index contributed by atoms with van der Waals surface area (Å²) in [5, 5.41) is 3.60. The Kier molecular flexibility index (Phi) is 4.88. The lowest BCUT2D eigenvalue weighted by Crippen LogP contribution is -2.33. The number of para-hydroxylation sites is 2. The average molecular weight is 248 g/mol. The summed E-state index contributed by atoms with van der Waals surface area (Å²) in [6, 6.07) is 8.97. The molecule has 0 saturated carbocycles. The number of nitrogens with one attached hydrogen (secondary N) is 1. The Hall–Kier alpha value is -1.22. The molecule has 0 aromatic heterocycles. The highest BCUT2D eigenvalue weighted by molar-refractivity contribution is 5.59. The fourth-order valence-electron chi connectivity index (χ4n) is 2.49. The Morgan fingerprint density at radius 2 is 2.17 bits per heavy atom. The van der Waals surface area contributed by atoms with Gasteiger partial charge in [-0.2, -0.15) is 0 Å². The number of hydrogen-bond acceptors (Lipinski definition) is 3. The number of rotatable bonds is 6. The summed E-state index contributed by atoms with van der Waals surface area (Å²) in [5.74, 6) is 1.01. The molecule has 0 spiro atoms. The van der Waals surface area contributed by atoms with E-state index in [-0.39, 0.29) is 0 Å². The Morgan fingerprint density at radius 1 is 1.33 bits per heavy atom. The van der Waals surface area contributed by atoms with Crippen molar-refractivity contribution in [1.82, 2.24) is 5.32 Å². The van der Waals surface area contributed by atoms with Crippen molar-refractivity contribution in [2.45, 2.75) is 32.7 Å². The Morgan fingerprint density at radius 3 is 2.94 bits per heavy atom. The normalized spacial score (nSPS) is 19.2. The van der Waals surface area contributed by atoms with Crippen molar-refractivity contribution in [3.05, 3.63) is 24.3 Å². The summed E-state index contributed by atoms with van der Waals surface area (Å²) in [4.78, 5) is 2.43. The highest BCUT2D eigenvalue weighted by Gasteiger charge is 2.23. The molecule has 100 valence electrons. The van der Waals surface area contributed by atoms with Crippen LogP contribution < -0.4 is 15.0 Å². The minimum absolute atomic E-state index is 0.625. The molecule has 1 fully saturated rings. The molecular formula is C15H24N2O. The zero-order valence-electron chi connectivity index (χ0n) is 11.5. The maximum atomic E-state index is 5.70. The van der Waals surface area contributed by atoms with Crippen molar-refractivity contribution in [2.24, 2.45) is 0 Å². The van der Waals surface area contributed by atoms with E-state index in [4.69, 9.17) is 4.74 Å². The van der Waals surface area contributed by atoms with Crippen LogP contribution in [0, 0.1) is 0 Å². The van der Waals surface area contributed by atoms with Crippen LogP contribution in [0.15, 0.2) is 24.3 Å². The van der Waals surface area contributed by atoms with Crippen molar-refractivity contribution in [1.29, 1.82) is 0 Å². The summed E-state index contributed by atoms with van der Waals surface area (Å²) < 4.78 is 5.70. The van der Waals surface area contributed by atoms with Gasteiger partial charge in [-0.3, -0.25) is 0 Å². The first kappa shape index (κ1) is 13.2. The molecule has 3 heteroatoms. The molecule has 1 heterocycles. The second-order valence-corrected chi connectivity index (χ2v) is 4.79. The Labute approximate surface area is 110 Å². The van der Waals surface area contributed by atoms with Gasteiger partial charge in [-0.05, 0) is 38.4 Å². The van der Waals surface area contributed by atoms with Gasteiger partial charge in [-0.15, -0.1) is 0 Å². The maximum Gasteiger partial charge on any atom is 0.142 e. The van der Waals surface area contributed by atoms with Crippen molar-refractivity contribution in [2.75, 3.05) is 31.1 Å². The first-order chi connectivity index (χ1) is 8.85. The summed E-state index contributed by atoms with van der Waals surface area (Å²) in [5.41, 5.74) is 1.24. The van der Waals surface area contributed by atoms with Crippen LogP contribution in [-0.4, -0.2) is 32.3 Å². The van der Waals surface area contributed by atoms with Gasteiger partial charge < -0.3 is 15.0 Å². The van der Waals surface area contributed by atoms with E-state index < -0.39 is 0 Å². The maximum absolute atomic E-state index is 5.70. The van der Waals surface area contributed by atoms with Crippen molar-refractivity contribution in [3.63, 3.8) is 0 Å². The van der Waals surface area contributed by atoms with Crippen LogP contribution in [0.3, 0.4) is 0 Å². The van der Waals surface area contributed by atoms with Gasteiger partial charge in [0, 0.05) is 19.1 Å². The molecule has 1 aliphatic rings. The van der Waals surface area contributed by atoms with E-state index in [9.17, 15) is 0 Å². The van der Waals surface area contributed by atoms with Crippen LogP contribution in [-0.2, 0) is 0 Å². The van der Waals surface area contributed by atoms with E-state index >= 15 is 0 Å². The van der Waals surface area contributed by atoms with E-state index in [2.05, 4.69) is 35.3 Å². The largest absolute Gasteiger partial charge is 0.492 e. The number of benzene rings is 1. The standard InChI is InChI=1S/C15H24N2O/c1-3-10-16-13-9-11-17(12-13)14-7-5-6-8-15(14)18-4-2/h5-8,13,16H,3-4,9-12H2,1-2H3. The number of hydrogen-bond donors (Lipinski definition) is 1. The molecule has 1 saturated heterocycles. The van der Waals surface area contributed by atoms with Crippen LogP contribution >= 0.6 is 0 Å². The quantitative estimate of drug-likeness (QED) is 0.837. The van der Waals surface area contributed by atoms with Crippen LogP contribution in [0.4, 0.5) is 5.69 Å². The number of anilines is 1. The molecule has 1 aliphatic heterocycles. The summed E-state index contributed by atoms with van der Waals surface area (Å²) in [6.07, 6.45) is 2.42. The molecule has 1 aromatic rings. The fourth-order valence-corrected chi connectivity index (χ4v) is 2.49. The summed E-state index contributed by atoms with van der Waals surface area (Å²) in [7, 11) is 0. The number of ether oxygens (including phenoxy) is 1. The molecule has 1 unspecified atom stereocenters. The van der Waals surface area contributed by atoms with Gasteiger partial charge in [0.2, 0.25) is 0 Å². The lowest BCUT2D eigenvalue weighted by Gasteiger charge is -2.22. The first-order valence-electron chi connectivity index (χ1n) is 7.05. The topological polar surface area (TPSA) is 24.5 Å². The molecule has 0 aliphatic carbocycles. The van der Waals surface area contributed by atoms with E-state index in [1.54, 1.807) is 0 Å². The third-order valence-corrected chi connectivity index (χ3v) is 3.38. The van der Waals surface area contributed by atoms with E-state index in [1.165, 1.54) is 18.5 Å². The lowest BCUT2D eigenvalue weighted by atomic mass is 10.2. The van der Waals surface area contributed by atoms with Crippen molar-refractivity contribution >= 4 is 5.69 Å². The monoisotopic (exact) mass is 248 g/mol. The zero-order valence-corrected chi connectivity index (χ0v) is 11.5. The van der Waals surface area contributed by atoms with Gasteiger partial charge in [-0.25, -0.2) is 0 Å². The second kappa shape index (κ2) is 6.64. The van der Waals surface area contributed by atoms with Gasteiger partial charge in [0.15, 0.2) is 0 Å². The average Bonchev–Trinajstić information content (AvgIpc) is 2.86. The van der Waals surface area contributed by atoms with Gasteiger partial charge in [0.25, 0.3) is 0 Å². The minimum atomic E-state index is 0.625. The van der Waals surface area contributed by atoms with Crippen LogP contribution in [0.25, 0.3) is 0 Å². The summed E-state index contributed by atoms with van der Waals surface area (Å²) in [6.45, 7) is 8.29. The molecule has 0 radical (unpaired) electrons. The van der Waals surface area contributed by atoms with Gasteiger partial charge in [-0.1, -0.05) is 19.1 Å². The van der Waals surface area contributed by atoms with E-state index in [1.807, 2.05) is 13.0 Å².